The Bertz CT molecular complexity index is 1260. The van der Waals surface area contributed by atoms with Crippen LogP contribution in [-0.2, 0) is 10.9 Å². The second-order valence-corrected chi connectivity index (χ2v) is 13.6. The minimum absolute atomic E-state index is 0.261. The topological polar surface area (TPSA) is 26.3 Å². The van der Waals surface area contributed by atoms with E-state index in [0.29, 0.717) is 17.2 Å². The smallest absolute Gasteiger partial charge is 0.343 e. The minimum atomic E-state index is -0.343. The maximum atomic E-state index is 12.9. The lowest BCUT2D eigenvalue weighted by molar-refractivity contribution is 0.0732. The van der Waals surface area contributed by atoms with Gasteiger partial charge in [0.05, 0.1) is 23.6 Å². The second-order valence-electron chi connectivity index (χ2n) is 7.96. The van der Waals surface area contributed by atoms with Crippen LogP contribution in [0.2, 0.25) is 0 Å². The number of carbonyl (C=O) groups is 1. The van der Waals surface area contributed by atoms with Crippen LogP contribution < -0.4 is 4.74 Å². The van der Waals surface area contributed by atoms with Crippen LogP contribution in [0, 0.1) is 10.7 Å². The molecule has 0 spiro atoms. The fourth-order valence-electron chi connectivity index (χ4n) is 3.46. The lowest BCUT2D eigenvalue weighted by atomic mass is 10.0. The van der Waals surface area contributed by atoms with Crippen molar-refractivity contribution in [3.63, 3.8) is 0 Å². The maximum Gasteiger partial charge on any atom is 0.343 e. The Hall–Kier alpha value is -1.11. The van der Waals surface area contributed by atoms with Crippen LogP contribution in [0.15, 0.2) is 106 Å². The summed E-state index contributed by atoms with van der Waals surface area (Å²) >= 11 is 6.69. The third kappa shape index (κ3) is 6.17. The molecule has 1 atom stereocenters. The number of esters is 1. The van der Waals surface area contributed by atoms with Crippen molar-refractivity contribution in [1.29, 1.82) is 0 Å². The predicted molar refractivity (Wildman–Crippen MR) is 165 cm³/mol. The van der Waals surface area contributed by atoms with E-state index in [1.165, 1.54) is 20.2 Å². The molecule has 6 heteroatoms. The Labute approximate surface area is 244 Å². The molecular weight excluding hydrogens is 781 g/mol. The molecule has 0 bridgehead atoms. The van der Waals surface area contributed by atoms with Gasteiger partial charge in [-0.05, 0) is 140 Å². The van der Waals surface area contributed by atoms with Crippen LogP contribution in [0.1, 0.15) is 35.7 Å². The average molecular weight is 803 g/mol. The first-order chi connectivity index (χ1) is 16.3. The van der Waals surface area contributed by atoms with Crippen molar-refractivity contribution >= 4 is 84.6 Å². The Kier molecular flexibility index (Phi) is 8.97. The zero-order valence-electron chi connectivity index (χ0n) is 18.6. The second kappa shape index (κ2) is 11.7. The van der Waals surface area contributed by atoms with E-state index in [2.05, 4.69) is 130 Å². The summed E-state index contributed by atoms with van der Waals surface area (Å²) in [6, 6.07) is 31.3. The third-order valence-electron chi connectivity index (χ3n) is 5.24. The molecule has 0 N–H and O–H groups in total. The van der Waals surface area contributed by atoms with Gasteiger partial charge in [0.25, 0.3) is 0 Å². The van der Waals surface area contributed by atoms with E-state index in [1.807, 2.05) is 42.5 Å². The number of hydrogen-bond donors (Lipinski definition) is 0. The van der Waals surface area contributed by atoms with Gasteiger partial charge in [-0.25, -0.2) is 4.79 Å². The van der Waals surface area contributed by atoms with Crippen LogP contribution in [0.3, 0.4) is 0 Å². The molecule has 0 aliphatic rings. The van der Waals surface area contributed by atoms with Gasteiger partial charge in [-0.3, -0.25) is 0 Å². The molecule has 0 radical (unpaired) electrons. The van der Waals surface area contributed by atoms with E-state index in [-0.39, 0.29) is 16.9 Å². The first-order valence-electron chi connectivity index (χ1n) is 10.7. The maximum absolute atomic E-state index is 12.9. The molecule has 0 fully saturated rings. The Balaban J connectivity index is 1.63. The summed E-state index contributed by atoms with van der Waals surface area (Å²) in [4.78, 5) is 16.6. The fourth-order valence-corrected chi connectivity index (χ4v) is 9.32. The van der Waals surface area contributed by atoms with Gasteiger partial charge in [0.2, 0.25) is 0 Å². The van der Waals surface area contributed by atoms with Crippen molar-refractivity contribution in [3.8, 4) is 5.75 Å². The van der Waals surface area contributed by atoms with E-state index in [4.69, 9.17) is 4.74 Å². The Morgan fingerprint density at radius 3 is 1.76 bits per heavy atom. The molecule has 0 heterocycles. The van der Waals surface area contributed by atoms with E-state index in [1.54, 1.807) is 0 Å². The number of rotatable bonds is 6. The summed E-state index contributed by atoms with van der Waals surface area (Å²) in [7, 11) is -0.261. The molecule has 4 rings (SSSR count). The van der Waals surface area contributed by atoms with Crippen LogP contribution in [-0.4, -0.2) is 5.97 Å². The monoisotopic (exact) mass is 803 g/mol. The van der Waals surface area contributed by atoms with E-state index < -0.39 is 0 Å². The Morgan fingerprint density at radius 2 is 1.24 bits per heavy atom. The quantitative estimate of drug-likeness (QED) is 0.0843. The molecule has 4 aromatic carbocycles. The van der Waals surface area contributed by atoms with Gasteiger partial charge >= 0.3 is 5.97 Å². The lowest BCUT2D eigenvalue weighted by Crippen LogP contribution is -2.11. The molecule has 34 heavy (non-hydrogen) atoms. The summed E-state index contributed by atoms with van der Waals surface area (Å²) in [6.45, 7) is 4.42. The van der Waals surface area contributed by atoms with Gasteiger partial charge in [-0.1, -0.05) is 44.2 Å². The standard InChI is InChI=1S/C28H22I3O2S/c1-18(2)19-8-12-23(13-9-19)34(22-6-4-3-5-7-22)24-14-10-20(11-15-24)28(32)33-27-25(30)16-21(29)17-26(27)31/h3-18H,1-2H3/q+1. The van der Waals surface area contributed by atoms with Gasteiger partial charge in [-0.15, -0.1) is 0 Å². The number of hydrogen-bond acceptors (Lipinski definition) is 2. The van der Waals surface area contributed by atoms with E-state index >= 15 is 0 Å². The SMILES string of the molecule is CC(C)c1ccc([S+](c2ccccc2)c2ccc(C(=O)Oc3c(I)cc(I)cc3I)cc2)cc1. The first kappa shape index (κ1) is 26.0. The number of carbonyl (C=O) groups excluding carboxylic acids is 1. The Morgan fingerprint density at radius 1 is 0.735 bits per heavy atom. The number of halogens is 3. The molecule has 172 valence electrons. The van der Waals surface area contributed by atoms with Gasteiger partial charge in [-0.2, -0.15) is 0 Å². The van der Waals surface area contributed by atoms with E-state index in [9.17, 15) is 4.79 Å². The largest absolute Gasteiger partial charge is 0.421 e. The van der Waals surface area contributed by atoms with E-state index in [0.717, 1.165) is 10.7 Å². The van der Waals surface area contributed by atoms with Crippen LogP contribution in [0.4, 0.5) is 0 Å². The number of benzene rings is 4. The highest BCUT2D eigenvalue weighted by molar-refractivity contribution is 14.1. The summed E-state index contributed by atoms with van der Waals surface area (Å²) in [5.41, 5.74) is 1.87. The number of ether oxygens (including phenoxy) is 1. The highest BCUT2D eigenvalue weighted by atomic mass is 127. The normalized spacial score (nSPS) is 11.9. The molecule has 0 saturated carbocycles. The molecule has 0 saturated heterocycles. The molecular formula is C28H22I3O2S+. The molecule has 0 aliphatic carbocycles. The molecule has 0 aromatic heterocycles. The molecule has 4 aromatic rings. The third-order valence-corrected chi connectivity index (χ3v) is 9.70. The zero-order chi connectivity index (χ0) is 24.2. The molecule has 1 unspecified atom stereocenters. The van der Waals surface area contributed by atoms with Gasteiger partial charge < -0.3 is 4.74 Å². The predicted octanol–water partition coefficient (Wildman–Crippen LogP) is 8.94. The van der Waals surface area contributed by atoms with Crippen LogP contribution in [0.5, 0.6) is 5.75 Å². The minimum Gasteiger partial charge on any atom is -0.421 e. The highest BCUT2D eigenvalue weighted by Gasteiger charge is 2.29. The lowest BCUT2D eigenvalue weighted by Gasteiger charge is -2.11. The zero-order valence-corrected chi connectivity index (χ0v) is 25.9. The highest BCUT2D eigenvalue weighted by Crippen LogP contribution is 2.33. The summed E-state index contributed by atoms with van der Waals surface area (Å²) in [5.74, 6) is 0.770. The van der Waals surface area contributed by atoms with Crippen molar-refractivity contribution in [2.75, 3.05) is 0 Å². The van der Waals surface area contributed by atoms with Crippen molar-refractivity contribution in [1.82, 2.24) is 0 Å². The summed E-state index contributed by atoms with van der Waals surface area (Å²) in [6.07, 6.45) is 0. The van der Waals surface area contributed by atoms with Crippen LogP contribution >= 0.6 is 67.8 Å². The van der Waals surface area contributed by atoms with Crippen molar-refractivity contribution in [2.45, 2.75) is 34.5 Å². The van der Waals surface area contributed by atoms with Crippen molar-refractivity contribution in [3.05, 3.63) is 113 Å². The average Bonchev–Trinajstić information content (AvgIpc) is 2.83. The van der Waals surface area contributed by atoms with Crippen molar-refractivity contribution < 1.29 is 9.53 Å². The first-order valence-corrected chi connectivity index (χ1v) is 15.2. The molecule has 2 nitrogen and oxygen atoms in total. The molecule has 0 aliphatic heterocycles. The van der Waals surface area contributed by atoms with Gasteiger partial charge in [0.1, 0.15) is 0 Å². The van der Waals surface area contributed by atoms with Gasteiger partial charge in [0.15, 0.2) is 20.4 Å². The molecule has 0 amide bonds. The fraction of sp³-hybridized carbons (Fsp3) is 0.107. The summed E-state index contributed by atoms with van der Waals surface area (Å²) < 4.78 is 8.73. The van der Waals surface area contributed by atoms with Crippen LogP contribution in [0.25, 0.3) is 0 Å². The van der Waals surface area contributed by atoms with Crippen molar-refractivity contribution in [2.24, 2.45) is 0 Å². The van der Waals surface area contributed by atoms with Gasteiger partial charge in [0, 0.05) is 3.57 Å². The summed E-state index contributed by atoms with van der Waals surface area (Å²) in [5, 5.41) is 0.